The maximum Gasteiger partial charge on any atom is 0.325 e. The lowest BCUT2D eigenvalue weighted by atomic mass is 10.3. The molecule has 0 radical (unpaired) electrons. The van der Waals surface area contributed by atoms with E-state index < -0.39 is 17.9 Å². The molecule has 1 aromatic rings. The molecule has 6 nitrogen and oxygen atoms in total. The molecule has 1 rings (SSSR count). The molecule has 6 heteroatoms. The smallest absolute Gasteiger partial charge is 0.325 e. The Morgan fingerprint density at radius 1 is 1.64 bits per heavy atom. The third-order valence-corrected chi connectivity index (χ3v) is 1.66. The van der Waals surface area contributed by atoms with Crippen LogP contribution in [0.2, 0.25) is 0 Å². The van der Waals surface area contributed by atoms with Gasteiger partial charge in [-0.05, 0) is 13.0 Å². The van der Waals surface area contributed by atoms with Crippen LogP contribution in [0.1, 0.15) is 17.4 Å². The Labute approximate surface area is 80.5 Å². The van der Waals surface area contributed by atoms with Crippen molar-refractivity contribution in [3.8, 4) is 0 Å². The van der Waals surface area contributed by atoms with E-state index in [-0.39, 0.29) is 5.69 Å². The average Bonchev–Trinajstić information content (AvgIpc) is 2.51. The standard InChI is InChI=1S/C8H11N3O3/c1-5(8(13)14)9-7(12)6-3-4-11(2)10-6/h3-5H,1-2H3,(H,9,12)(H,13,14). The summed E-state index contributed by atoms with van der Waals surface area (Å²) in [5, 5.41) is 14.7. The van der Waals surface area contributed by atoms with E-state index in [2.05, 4.69) is 10.4 Å². The second-order valence-electron chi connectivity index (χ2n) is 2.91. The molecule has 1 atom stereocenters. The summed E-state index contributed by atoms with van der Waals surface area (Å²) in [4.78, 5) is 21.8. The van der Waals surface area contributed by atoms with E-state index in [1.807, 2.05) is 0 Å². The zero-order chi connectivity index (χ0) is 10.7. The van der Waals surface area contributed by atoms with Crippen molar-refractivity contribution < 1.29 is 14.7 Å². The molecule has 1 unspecified atom stereocenters. The highest BCUT2D eigenvalue weighted by Gasteiger charge is 2.16. The first-order chi connectivity index (χ1) is 6.50. The van der Waals surface area contributed by atoms with Crippen LogP contribution >= 0.6 is 0 Å². The number of carbonyl (C=O) groups is 2. The number of hydrogen-bond acceptors (Lipinski definition) is 3. The van der Waals surface area contributed by atoms with Gasteiger partial charge >= 0.3 is 5.97 Å². The highest BCUT2D eigenvalue weighted by molar-refractivity contribution is 5.94. The molecular formula is C8H11N3O3. The minimum Gasteiger partial charge on any atom is -0.480 e. The van der Waals surface area contributed by atoms with Gasteiger partial charge < -0.3 is 10.4 Å². The Kier molecular flexibility index (Phi) is 2.85. The number of nitrogens with one attached hydrogen (secondary N) is 1. The fourth-order valence-corrected chi connectivity index (χ4v) is 0.868. The number of amides is 1. The molecule has 14 heavy (non-hydrogen) atoms. The van der Waals surface area contributed by atoms with Gasteiger partial charge in [0.15, 0.2) is 0 Å². The summed E-state index contributed by atoms with van der Waals surface area (Å²) in [6.45, 7) is 1.39. The molecule has 0 aliphatic carbocycles. The van der Waals surface area contributed by atoms with E-state index in [4.69, 9.17) is 5.11 Å². The first kappa shape index (κ1) is 10.2. The van der Waals surface area contributed by atoms with Crippen LogP contribution < -0.4 is 5.32 Å². The van der Waals surface area contributed by atoms with Crippen LogP contribution in [0.5, 0.6) is 0 Å². The summed E-state index contributed by atoms with van der Waals surface area (Å²) in [6, 6.07) is 0.605. The maximum absolute atomic E-state index is 11.3. The lowest BCUT2D eigenvalue weighted by Crippen LogP contribution is -2.38. The monoisotopic (exact) mass is 197 g/mol. The van der Waals surface area contributed by atoms with E-state index in [0.29, 0.717) is 0 Å². The van der Waals surface area contributed by atoms with Crippen molar-refractivity contribution in [2.45, 2.75) is 13.0 Å². The molecule has 2 N–H and O–H groups in total. The van der Waals surface area contributed by atoms with Crippen LogP contribution in [-0.4, -0.2) is 32.8 Å². The number of aromatic nitrogens is 2. The zero-order valence-corrected chi connectivity index (χ0v) is 7.89. The van der Waals surface area contributed by atoms with Gasteiger partial charge in [-0.25, -0.2) is 0 Å². The zero-order valence-electron chi connectivity index (χ0n) is 7.89. The normalized spacial score (nSPS) is 12.1. The Morgan fingerprint density at radius 2 is 2.29 bits per heavy atom. The van der Waals surface area contributed by atoms with Crippen molar-refractivity contribution in [3.63, 3.8) is 0 Å². The van der Waals surface area contributed by atoms with Crippen molar-refractivity contribution in [1.82, 2.24) is 15.1 Å². The first-order valence-corrected chi connectivity index (χ1v) is 4.04. The summed E-state index contributed by atoms with van der Waals surface area (Å²) in [6.07, 6.45) is 1.61. The molecule has 1 aromatic heterocycles. The van der Waals surface area contributed by atoms with Gasteiger partial charge in [0.25, 0.3) is 5.91 Å². The third-order valence-electron chi connectivity index (χ3n) is 1.66. The van der Waals surface area contributed by atoms with Gasteiger partial charge in [0.1, 0.15) is 11.7 Å². The molecule has 0 saturated carbocycles. The van der Waals surface area contributed by atoms with Gasteiger partial charge in [0, 0.05) is 13.2 Å². The Hall–Kier alpha value is -1.85. The number of carbonyl (C=O) groups excluding carboxylic acids is 1. The number of rotatable bonds is 3. The highest BCUT2D eigenvalue weighted by atomic mass is 16.4. The summed E-state index contributed by atoms with van der Waals surface area (Å²) in [5.74, 6) is -1.56. The predicted molar refractivity (Wildman–Crippen MR) is 47.8 cm³/mol. The number of carboxylic acid groups (broad SMARTS) is 1. The van der Waals surface area contributed by atoms with Crippen LogP contribution in [0.15, 0.2) is 12.3 Å². The van der Waals surface area contributed by atoms with E-state index in [0.717, 1.165) is 0 Å². The highest BCUT2D eigenvalue weighted by Crippen LogP contribution is 1.94. The largest absolute Gasteiger partial charge is 0.480 e. The summed E-state index contributed by atoms with van der Waals surface area (Å²) >= 11 is 0. The third kappa shape index (κ3) is 2.32. The van der Waals surface area contributed by atoms with Gasteiger partial charge in [0.2, 0.25) is 0 Å². The van der Waals surface area contributed by atoms with Crippen molar-refractivity contribution in [3.05, 3.63) is 18.0 Å². The summed E-state index contributed by atoms with van der Waals surface area (Å²) in [5.41, 5.74) is 0.209. The van der Waals surface area contributed by atoms with Gasteiger partial charge in [-0.2, -0.15) is 5.10 Å². The fourth-order valence-electron chi connectivity index (χ4n) is 0.868. The first-order valence-electron chi connectivity index (χ1n) is 4.04. The van der Waals surface area contributed by atoms with Crippen LogP contribution in [0, 0.1) is 0 Å². The van der Waals surface area contributed by atoms with Crippen LogP contribution in [-0.2, 0) is 11.8 Å². The van der Waals surface area contributed by atoms with Crippen molar-refractivity contribution in [2.75, 3.05) is 0 Å². The molecule has 0 saturated heterocycles. The second-order valence-corrected chi connectivity index (χ2v) is 2.91. The predicted octanol–water partition coefficient (Wildman–Crippen LogP) is -0.377. The number of carboxylic acids is 1. The summed E-state index contributed by atoms with van der Waals surface area (Å²) < 4.78 is 1.47. The van der Waals surface area contributed by atoms with Crippen molar-refractivity contribution >= 4 is 11.9 Å². The molecule has 76 valence electrons. The minimum absolute atomic E-state index is 0.209. The van der Waals surface area contributed by atoms with Gasteiger partial charge in [-0.15, -0.1) is 0 Å². The maximum atomic E-state index is 11.3. The number of nitrogens with zero attached hydrogens (tertiary/aromatic N) is 2. The Balaban J connectivity index is 2.63. The van der Waals surface area contributed by atoms with E-state index in [9.17, 15) is 9.59 Å². The molecule has 0 bridgehead atoms. The van der Waals surface area contributed by atoms with E-state index in [1.54, 1.807) is 13.2 Å². The Bertz CT molecular complexity index is 358. The number of aliphatic carboxylic acids is 1. The molecular weight excluding hydrogens is 186 g/mol. The van der Waals surface area contributed by atoms with Crippen molar-refractivity contribution in [1.29, 1.82) is 0 Å². The molecule has 1 heterocycles. The van der Waals surface area contributed by atoms with E-state index >= 15 is 0 Å². The minimum atomic E-state index is -1.07. The van der Waals surface area contributed by atoms with Gasteiger partial charge in [0.05, 0.1) is 0 Å². The molecule has 0 fully saturated rings. The number of hydrogen-bond donors (Lipinski definition) is 2. The van der Waals surface area contributed by atoms with Crippen LogP contribution in [0.25, 0.3) is 0 Å². The fraction of sp³-hybridized carbons (Fsp3) is 0.375. The quantitative estimate of drug-likeness (QED) is 0.692. The van der Waals surface area contributed by atoms with Crippen molar-refractivity contribution in [2.24, 2.45) is 7.05 Å². The average molecular weight is 197 g/mol. The van der Waals surface area contributed by atoms with Crippen LogP contribution in [0.3, 0.4) is 0 Å². The van der Waals surface area contributed by atoms with E-state index in [1.165, 1.54) is 17.7 Å². The molecule has 0 aliphatic heterocycles. The number of aryl methyl sites for hydroxylation is 1. The molecule has 0 aromatic carbocycles. The lowest BCUT2D eigenvalue weighted by Gasteiger charge is -2.06. The molecule has 0 spiro atoms. The topological polar surface area (TPSA) is 84.2 Å². The van der Waals surface area contributed by atoms with Gasteiger partial charge in [-0.1, -0.05) is 0 Å². The Morgan fingerprint density at radius 3 is 2.71 bits per heavy atom. The molecule has 1 amide bonds. The lowest BCUT2D eigenvalue weighted by molar-refractivity contribution is -0.138. The molecule has 0 aliphatic rings. The van der Waals surface area contributed by atoms with Crippen LogP contribution in [0.4, 0.5) is 0 Å². The second kappa shape index (κ2) is 3.91. The van der Waals surface area contributed by atoms with Gasteiger partial charge in [-0.3, -0.25) is 14.3 Å². The SMILES string of the molecule is CC(NC(=O)c1ccn(C)n1)C(=O)O. The summed E-state index contributed by atoms with van der Waals surface area (Å²) in [7, 11) is 1.68.